The molecule has 0 spiro atoms. The molecule has 0 aliphatic carbocycles. The molecule has 0 unspecified atom stereocenters. The summed E-state index contributed by atoms with van der Waals surface area (Å²) in [5, 5.41) is 6.27. The third-order valence-electron chi connectivity index (χ3n) is 4.02. The van der Waals surface area contributed by atoms with Crippen LogP contribution in [0.2, 0.25) is 0 Å². The molecule has 2 N–H and O–H groups in total. The molecule has 134 valence electrons. The molecule has 1 amide bonds. The zero-order valence-electron chi connectivity index (χ0n) is 15.4. The monoisotopic (exact) mass is 341 g/mol. The van der Waals surface area contributed by atoms with Crippen molar-refractivity contribution in [1.29, 1.82) is 0 Å². The van der Waals surface area contributed by atoms with Gasteiger partial charge in [-0.05, 0) is 42.5 Å². The van der Waals surface area contributed by atoms with E-state index in [2.05, 4.69) is 35.5 Å². The number of pyridine rings is 1. The Morgan fingerprint density at radius 3 is 2.80 bits per heavy atom. The quantitative estimate of drug-likeness (QED) is 0.706. The Bertz CT molecular complexity index is 714. The summed E-state index contributed by atoms with van der Waals surface area (Å²) >= 11 is 0. The highest BCUT2D eigenvalue weighted by atomic mass is 16.5. The van der Waals surface area contributed by atoms with Crippen molar-refractivity contribution in [3.63, 3.8) is 0 Å². The van der Waals surface area contributed by atoms with Crippen molar-refractivity contribution in [1.82, 2.24) is 4.98 Å². The SMILES string of the molecule is COCCCNc1cc(C(=O)Nc2c(C)cccc2C(C)C)ccn1. The van der Waals surface area contributed by atoms with Gasteiger partial charge in [0, 0.05) is 37.7 Å². The molecule has 2 rings (SSSR count). The third kappa shape index (κ3) is 5.29. The number of nitrogens with zero attached hydrogens (tertiary/aromatic N) is 1. The smallest absolute Gasteiger partial charge is 0.255 e. The molecule has 5 heteroatoms. The van der Waals surface area contributed by atoms with Crippen LogP contribution in [0.4, 0.5) is 11.5 Å². The van der Waals surface area contributed by atoms with Crippen molar-refractivity contribution >= 4 is 17.4 Å². The van der Waals surface area contributed by atoms with Gasteiger partial charge >= 0.3 is 0 Å². The Balaban J connectivity index is 2.11. The van der Waals surface area contributed by atoms with E-state index < -0.39 is 0 Å². The Hall–Kier alpha value is -2.40. The Kier molecular flexibility index (Phi) is 6.95. The number of benzene rings is 1. The summed E-state index contributed by atoms with van der Waals surface area (Å²) in [6, 6.07) is 9.59. The first-order valence-corrected chi connectivity index (χ1v) is 8.62. The number of ether oxygens (including phenoxy) is 1. The van der Waals surface area contributed by atoms with Gasteiger partial charge in [-0.3, -0.25) is 4.79 Å². The molecule has 1 aromatic carbocycles. The van der Waals surface area contributed by atoms with Crippen LogP contribution in [0.5, 0.6) is 0 Å². The van der Waals surface area contributed by atoms with E-state index in [1.165, 1.54) is 0 Å². The summed E-state index contributed by atoms with van der Waals surface area (Å²) in [4.78, 5) is 16.9. The van der Waals surface area contributed by atoms with E-state index in [0.717, 1.165) is 29.8 Å². The molecule has 2 aromatic rings. The van der Waals surface area contributed by atoms with E-state index in [1.807, 2.05) is 19.1 Å². The lowest BCUT2D eigenvalue weighted by Gasteiger charge is -2.16. The van der Waals surface area contributed by atoms with E-state index >= 15 is 0 Å². The number of methoxy groups -OCH3 is 1. The first-order valence-electron chi connectivity index (χ1n) is 8.62. The van der Waals surface area contributed by atoms with Crippen molar-refractivity contribution in [2.75, 3.05) is 30.9 Å². The number of amides is 1. The minimum absolute atomic E-state index is 0.126. The number of carbonyl (C=O) groups excluding carboxylic acids is 1. The van der Waals surface area contributed by atoms with Crippen molar-refractivity contribution in [2.45, 2.75) is 33.1 Å². The fraction of sp³-hybridized carbons (Fsp3) is 0.400. The first-order chi connectivity index (χ1) is 12.0. The average molecular weight is 341 g/mol. The van der Waals surface area contributed by atoms with Gasteiger partial charge in [0.15, 0.2) is 0 Å². The third-order valence-corrected chi connectivity index (χ3v) is 4.02. The number of aryl methyl sites for hydroxylation is 1. The fourth-order valence-electron chi connectivity index (χ4n) is 2.63. The molecule has 1 aromatic heterocycles. The molecular weight excluding hydrogens is 314 g/mol. The van der Waals surface area contributed by atoms with Crippen LogP contribution in [0.1, 0.15) is 47.7 Å². The number of hydrogen-bond donors (Lipinski definition) is 2. The van der Waals surface area contributed by atoms with Crippen molar-refractivity contribution in [2.24, 2.45) is 0 Å². The van der Waals surface area contributed by atoms with E-state index in [1.54, 1.807) is 25.4 Å². The molecule has 0 aliphatic heterocycles. The Morgan fingerprint density at radius 1 is 1.28 bits per heavy atom. The summed E-state index contributed by atoms with van der Waals surface area (Å²) in [6.07, 6.45) is 2.53. The predicted octanol–water partition coefficient (Wildman–Crippen LogP) is 4.21. The Labute approximate surface area is 149 Å². The normalized spacial score (nSPS) is 10.8. The molecule has 0 saturated heterocycles. The summed E-state index contributed by atoms with van der Waals surface area (Å²) in [7, 11) is 1.68. The Morgan fingerprint density at radius 2 is 2.08 bits per heavy atom. The number of carbonyl (C=O) groups is 1. The van der Waals surface area contributed by atoms with Gasteiger partial charge in [0.1, 0.15) is 5.82 Å². The molecule has 0 radical (unpaired) electrons. The van der Waals surface area contributed by atoms with Crippen LogP contribution < -0.4 is 10.6 Å². The van der Waals surface area contributed by atoms with Crippen LogP contribution in [-0.2, 0) is 4.74 Å². The molecule has 25 heavy (non-hydrogen) atoms. The van der Waals surface area contributed by atoms with Crippen LogP contribution in [-0.4, -0.2) is 31.2 Å². The minimum Gasteiger partial charge on any atom is -0.385 e. The molecule has 5 nitrogen and oxygen atoms in total. The van der Waals surface area contributed by atoms with E-state index in [4.69, 9.17) is 4.74 Å². The molecule has 0 fully saturated rings. The van der Waals surface area contributed by atoms with Crippen molar-refractivity contribution < 1.29 is 9.53 Å². The van der Waals surface area contributed by atoms with Gasteiger partial charge in [0.25, 0.3) is 5.91 Å². The number of nitrogens with one attached hydrogen (secondary N) is 2. The topological polar surface area (TPSA) is 63.2 Å². The van der Waals surface area contributed by atoms with Gasteiger partial charge in [-0.1, -0.05) is 32.0 Å². The lowest BCUT2D eigenvalue weighted by Crippen LogP contribution is -2.15. The maximum atomic E-state index is 12.7. The summed E-state index contributed by atoms with van der Waals surface area (Å²) in [6.45, 7) is 7.70. The van der Waals surface area contributed by atoms with Crippen LogP contribution in [0.25, 0.3) is 0 Å². The molecular formula is C20H27N3O2. The zero-order chi connectivity index (χ0) is 18.2. The maximum absolute atomic E-state index is 12.7. The van der Waals surface area contributed by atoms with Gasteiger partial charge < -0.3 is 15.4 Å². The molecule has 0 saturated carbocycles. The number of aromatic nitrogens is 1. The number of para-hydroxylation sites is 1. The van der Waals surface area contributed by atoms with Gasteiger partial charge in [0.2, 0.25) is 0 Å². The first kappa shape index (κ1) is 18.9. The van der Waals surface area contributed by atoms with Crippen molar-refractivity contribution in [3.8, 4) is 0 Å². The standard InChI is InChI=1S/C20H27N3O2/c1-14(2)17-8-5-7-15(3)19(17)23-20(24)16-9-11-22-18(13-16)21-10-6-12-25-4/h5,7-9,11,13-14H,6,10,12H2,1-4H3,(H,21,22)(H,23,24). The lowest BCUT2D eigenvalue weighted by atomic mass is 9.98. The van der Waals surface area contributed by atoms with Crippen LogP contribution in [0.15, 0.2) is 36.5 Å². The average Bonchev–Trinajstić information content (AvgIpc) is 2.60. The largest absolute Gasteiger partial charge is 0.385 e. The maximum Gasteiger partial charge on any atom is 0.255 e. The van der Waals surface area contributed by atoms with Gasteiger partial charge in [-0.15, -0.1) is 0 Å². The highest BCUT2D eigenvalue weighted by Gasteiger charge is 2.13. The molecule has 0 aliphatic rings. The second-order valence-corrected chi connectivity index (χ2v) is 6.35. The number of anilines is 2. The molecule has 0 bridgehead atoms. The summed E-state index contributed by atoms with van der Waals surface area (Å²) < 4.78 is 5.03. The lowest BCUT2D eigenvalue weighted by molar-refractivity contribution is 0.102. The van der Waals surface area contributed by atoms with Crippen LogP contribution >= 0.6 is 0 Å². The molecule has 1 heterocycles. The van der Waals surface area contributed by atoms with Gasteiger partial charge in [0.05, 0.1) is 0 Å². The zero-order valence-corrected chi connectivity index (χ0v) is 15.4. The highest BCUT2D eigenvalue weighted by molar-refractivity contribution is 6.05. The van der Waals surface area contributed by atoms with E-state index in [9.17, 15) is 4.79 Å². The van der Waals surface area contributed by atoms with E-state index in [0.29, 0.717) is 23.9 Å². The second-order valence-electron chi connectivity index (χ2n) is 6.35. The minimum atomic E-state index is -0.126. The van der Waals surface area contributed by atoms with Crippen LogP contribution in [0.3, 0.4) is 0 Å². The van der Waals surface area contributed by atoms with Crippen LogP contribution in [0, 0.1) is 6.92 Å². The predicted molar refractivity (Wildman–Crippen MR) is 102 cm³/mol. The number of rotatable bonds is 8. The van der Waals surface area contributed by atoms with E-state index in [-0.39, 0.29) is 5.91 Å². The highest BCUT2D eigenvalue weighted by Crippen LogP contribution is 2.27. The summed E-state index contributed by atoms with van der Waals surface area (Å²) in [5.41, 5.74) is 3.68. The summed E-state index contributed by atoms with van der Waals surface area (Å²) in [5.74, 6) is 0.904. The molecule has 0 atom stereocenters. The van der Waals surface area contributed by atoms with Crippen molar-refractivity contribution in [3.05, 3.63) is 53.2 Å². The van der Waals surface area contributed by atoms with Gasteiger partial charge in [-0.2, -0.15) is 0 Å². The number of hydrogen-bond acceptors (Lipinski definition) is 4. The van der Waals surface area contributed by atoms with Gasteiger partial charge in [-0.25, -0.2) is 4.98 Å². The fourth-order valence-corrected chi connectivity index (χ4v) is 2.63. The second kappa shape index (κ2) is 9.18.